The van der Waals surface area contributed by atoms with Crippen LogP contribution in [0, 0.1) is 0 Å². The van der Waals surface area contributed by atoms with Gasteiger partial charge in [0.05, 0.1) is 6.42 Å². The number of nitrogens with one attached hydrogen (secondary N) is 1. The van der Waals surface area contributed by atoms with E-state index in [1.54, 1.807) is 12.1 Å². The maximum atomic E-state index is 12.2. The van der Waals surface area contributed by atoms with E-state index in [0.717, 1.165) is 5.52 Å². The zero-order valence-electron chi connectivity index (χ0n) is 11.4. The molecule has 0 saturated heterocycles. The number of rotatable bonds is 2. The molecule has 21 heavy (non-hydrogen) atoms. The molecule has 1 N–H and O–H groups in total. The van der Waals surface area contributed by atoms with E-state index in [2.05, 4.69) is 4.98 Å². The van der Waals surface area contributed by atoms with E-state index < -0.39 is 35.5 Å². The van der Waals surface area contributed by atoms with Gasteiger partial charge in [0, 0.05) is 16.6 Å². The molecule has 5 heteroatoms. The summed E-state index contributed by atoms with van der Waals surface area (Å²) < 4.78 is 0. The highest BCUT2D eigenvalue weighted by Crippen LogP contribution is 2.33. The molecule has 2 aromatic rings. The van der Waals surface area contributed by atoms with Crippen LogP contribution in [0.5, 0.6) is 0 Å². The zero-order valence-corrected chi connectivity index (χ0v) is 11.4. The van der Waals surface area contributed by atoms with Crippen LogP contribution in [0.3, 0.4) is 0 Å². The molecule has 0 atom stereocenters. The number of aryl methyl sites for hydroxylation is 1. The van der Waals surface area contributed by atoms with Crippen LogP contribution in [-0.4, -0.2) is 28.1 Å². The standard InChI is InChI=1S/C16H13NO4/c1-2-9-13(8-5-3-4-6-10(8)17-9)14-15(20)11(18)7-12(19)16(14)21/h3-6,14,17H,2,7H2,1H3. The van der Waals surface area contributed by atoms with Crippen molar-refractivity contribution in [1.82, 2.24) is 4.98 Å². The number of ketones is 4. The molecule has 1 aromatic carbocycles. The Kier molecular flexibility index (Phi) is 3.05. The summed E-state index contributed by atoms with van der Waals surface area (Å²) in [4.78, 5) is 50.8. The van der Waals surface area contributed by atoms with Crippen LogP contribution >= 0.6 is 0 Å². The Balaban J connectivity index is 2.27. The number of hydrogen-bond acceptors (Lipinski definition) is 4. The zero-order chi connectivity index (χ0) is 15.1. The molecule has 5 nitrogen and oxygen atoms in total. The monoisotopic (exact) mass is 283 g/mol. The molecule has 0 unspecified atom stereocenters. The summed E-state index contributed by atoms with van der Waals surface area (Å²) in [5.41, 5.74) is 1.98. The lowest BCUT2D eigenvalue weighted by molar-refractivity contribution is -0.149. The van der Waals surface area contributed by atoms with Crippen molar-refractivity contribution in [3.05, 3.63) is 35.5 Å². The average Bonchev–Trinajstić information content (AvgIpc) is 2.84. The second-order valence-corrected chi connectivity index (χ2v) is 5.10. The van der Waals surface area contributed by atoms with Crippen LogP contribution in [0.2, 0.25) is 0 Å². The third-order valence-corrected chi connectivity index (χ3v) is 3.87. The van der Waals surface area contributed by atoms with Crippen LogP contribution < -0.4 is 0 Å². The van der Waals surface area contributed by atoms with Gasteiger partial charge < -0.3 is 4.98 Å². The predicted octanol–water partition coefficient (Wildman–Crippen LogP) is 1.49. The number of para-hydroxylation sites is 1. The first-order valence-electron chi connectivity index (χ1n) is 6.78. The first-order valence-corrected chi connectivity index (χ1v) is 6.78. The maximum Gasteiger partial charge on any atom is 0.214 e. The molecule has 1 aliphatic rings. The second-order valence-electron chi connectivity index (χ2n) is 5.10. The lowest BCUT2D eigenvalue weighted by atomic mass is 9.79. The quantitative estimate of drug-likeness (QED) is 0.668. The molecular weight excluding hydrogens is 270 g/mol. The van der Waals surface area contributed by atoms with Gasteiger partial charge in [0.25, 0.3) is 0 Å². The van der Waals surface area contributed by atoms with Gasteiger partial charge in [0.1, 0.15) is 5.92 Å². The van der Waals surface area contributed by atoms with Crippen molar-refractivity contribution >= 4 is 34.0 Å². The average molecular weight is 283 g/mol. The van der Waals surface area contributed by atoms with E-state index in [9.17, 15) is 19.2 Å². The lowest BCUT2D eigenvalue weighted by Gasteiger charge is -2.18. The fourth-order valence-corrected chi connectivity index (χ4v) is 2.85. The second kappa shape index (κ2) is 4.77. The number of carbonyl (C=O) groups is 4. The number of hydrogen-bond donors (Lipinski definition) is 1. The first-order chi connectivity index (χ1) is 10.0. The van der Waals surface area contributed by atoms with E-state index in [0.29, 0.717) is 23.1 Å². The molecule has 0 aliphatic heterocycles. The molecule has 3 rings (SSSR count). The Labute approximate surface area is 120 Å². The molecular formula is C16H13NO4. The van der Waals surface area contributed by atoms with E-state index in [1.807, 2.05) is 19.1 Å². The summed E-state index contributed by atoms with van der Waals surface area (Å²) in [7, 11) is 0. The predicted molar refractivity (Wildman–Crippen MR) is 75.1 cm³/mol. The maximum absolute atomic E-state index is 12.2. The van der Waals surface area contributed by atoms with Gasteiger partial charge in [-0.05, 0) is 18.1 Å². The van der Waals surface area contributed by atoms with Crippen molar-refractivity contribution in [2.24, 2.45) is 0 Å². The topological polar surface area (TPSA) is 84.1 Å². The smallest absolute Gasteiger partial charge is 0.214 e. The van der Waals surface area contributed by atoms with E-state index in [1.165, 1.54) is 0 Å². The van der Waals surface area contributed by atoms with Crippen molar-refractivity contribution < 1.29 is 19.2 Å². The third-order valence-electron chi connectivity index (χ3n) is 3.87. The van der Waals surface area contributed by atoms with Gasteiger partial charge in [-0.25, -0.2) is 0 Å². The Morgan fingerprint density at radius 3 is 2.29 bits per heavy atom. The number of fused-ring (bicyclic) bond motifs is 1. The van der Waals surface area contributed by atoms with Gasteiger partial charge in [-0.15, -0.1) is 0 Å². The van der Waals surface area contributed by atoms with Crippen LogP contribution in [-0.2, 0) is 25.6 Å². The van der Waals surface area contributed by atoms with Gasteiger partial charge in [-0.1, -0.05) is 25.1 Å². The Bertz CT molecular complexity index is 774. The number of aromatic amines is 1. The normalized spacial score (nSPS) is 17.0. The molecule has 1 saturated carbocycles. The molecule has 0 bridgehead atoms. The van der Waals surface area contributed by atoms with Gasteiger partial charge >= 0.3 is 0 Å². The number of Topliss-reactive ketones (excluding diaryl/α,β-unsaturated/α-hetero) is 4. The largest absolute Gasteiger partial charge is 0.358 e. The first kappa shape index (κ1) is 13.4. The van der Waals surface area contributed by atoms with Crippen molar-refractivity contribution in [3.63, 3.8) is 0 Å². The summed E-state index contributed by atoms with van der Waals surface area (Å²) in [6, 6.07) is 7.24. The molecule has 0 spiro atoms. The van der Waals surface area contributed by atoms with Crippen LogP contribution in [0.25, 0.3) is 10.9 Å². The molecule has 1 aliphatic carbocycles. The van der Waals surface area contributed by atoms with Crippen molar-refractivity contribution in [2.75, 3.05) is 0 Å². The summed E-state index contributed by atoms with van der Waals surface area (Å²) in [5, 5.41) is 0.712. The molecule has 0 radical (unpaired) electrons. The SMILES string of the molecule is CCc1[nH]c2ccccc2c1C1C(=O)C(=O)CC(=O)C1=O. The highest BCUT2D eigenvalue weighted by molar-refractivity contribution is 6.61. The van der Waals surface area contributed by atoms with Crippen molar-refractivity contribution in [3.8, 4) is 0 Å². The van der Waals surface area contributed by atoms with E-state index >= 15 is 0 Å². The minimum atomic E-state index is -1.29. The Morgan fingerprint density at radius 1 is 1.05 bits per heavy atom. The van der Waals surface area contributed by atoms with Crippen molar-refractivity contribution in [1.29, 1.82) is 0 Å². The van der Waals surface area contributed by atoms with E-state index in [4.69, 9.17) is 0 Å². The Hall–Kier alpha value is -2.56. The molecule has 1 heterocycles. The van der Waals surface area contributed by atoms with Gasteiger partial charge in [-0.2, -0.15) is 0 Å². The fraction of sp³-hybridized carbons (Fsp3) is 0.250. The van der Waals surface area contributed by atoms with E-state index in [-0.39, 0.29) is 0 Å². The number of carbonyl (C=O) groups excluding carboxylic acids is 4. The Morgan fingerprint density at radius 2 is 1.67 bits per heavy atom. The number of H-pyrrole nitrogens is 1. The van der Waals surface area contributed by atoms with Gasteiger partial charge in [0.2, 0.25) is 23.1 Å². The molecule has 1 fully saturated rings. The molecule has 1 aromatic heterocycles. The van der Waals surface area contributed by atoms with Crippen molar-refractivity contribution in [2.45, 2.75) is 25.7 Å². The summed E-state index contributed by atoms with van der Waals surface area (Å²) in [6.07, 6.45) is -0.0264. The highest BCUT2D eigenvalue weighted by Gasteiger charge is 2.44. The molecule has 106 valence electrons. The summed E-state index contributed by atoms with van der Waals surface area (Å²) in [6.45, 7) is 1.88. The third kappa shape index (κ3) is 1.93. The highest BCUT2D eigenvalue weighted by atomic mass is 16.2. The van der Waals surface area contributed by atoms with Crippen LogP contribution in [0.15, 0.2) is 24.3 Å². The number of benzene rings is 1. The minimum Gasteiger partial charge on any atom is -0.358 e. The number of aromatic nitrogens is 1. The van der Waals surface area contributed by atoms with Gasteiger partial charge in [-0.3, -0.25) is 19.2 Å². The molecule has 0 amide bonds. The fourth-order valence-electron chi connectivity index (χ4n) is 2.85. The summed E-state index contributed by atoms with van der Waals surface area (Å²) >= 11 is 0. The summed E-state index contributed by atoms with van der Waals surface area (Å²) in [5.74, 6) is -4.41. The van der Waals surface area contributed by atoms with Crippen LogP contribution in [0.1, 0.15) is 30.5 Å². The minimum absolute atomic E-state index is 0.476. The van der Waals surface area contributed by atoms with Crippen LogP contribution in [0.4, 0.5) is 0 Å². The van der Waals surface area contributed by atoms with Gasteiger partial charge in [0.15, 0.2) is 0 Å². The lowest BCUT2D eigenvalue weighted by Crippen LogP contribution is -2.40.